The highest BCUT2D eigenvalue weighted by atomic mass is 32.2. The molecule has 6 heteroatoms. The summed E-state index contributed by atoms with van der Waals surface area (Å²) in [5.74, 6) is 0.444. The first-order valence-electron chi connectivity index (χ1n) is 4.53. The van der Waals surface area contributed by atoms with Crippen LogP contribution in [0.4, 0.5) is 11.5 Å². The summed E-state index contributed by atoms with van der Waals surface area (Å²) in [7, 11) is -2.98. The van der Waals surface area contributed by atoms with E-state index in [1.165, 1.54) is 6.26 Å². The molecule has 0 radical (unpaired) electrons. The second-order valence-electron chi connectivity index (χ2n) is 3.57. The molecule has 0 spiro atoms. The Bertz CT molecular complexity index is 431. The van der Waals surface area contributed by atoms with Crippen molar-refractivity contribution in [3.8, 4) is 0 Å². The van der Waals surface area contributed by atoms with E-state index in [1.54, 1.807) is 25.3 Å². The SMILES string of the molecule is CC(CS(C)(=O)=O)Nc1cccnc1N. The predicted molar refractivity (Wildman–Crippen MR) is 61.4 cm³/mol. The highest BCUT2D eigenvalue weighted by Crippen LogP contribution is 2.14. The molecular formula is C9H15N3O2S. The number of hydrogen-bond donors (Lipinski definition) is 2. The maximum absolute atomic E-state index is 11.0. The lowest BCUT2D eigenvalue weighted by molar-refractivity contribution is 0.598. The Morgan fingerprint density at radius 2 is 2.27 bits per heavy atom. The van der Waals surface area contributed by atoms with Gasteiger partial charge in [0.1, 0.15) is 15.7 Å². The molecule has 1 aromatic heterocycles. The van der Waals surface area contributed by atoms with Crippen LogP contribution in [0.2, 0.25) is 0 Å². The molecule has 0 saturated carbocycles. The van der Waals surface area contributed by atoms with Crippen molar-refractivity contribution in [3.63, 3.8) is 0 Å². The zero-order chi connectivity index (χ0) is 11.5. The zero-order valence-electron chi connectivity index (χ0n) is 8.77. The van der Waals surface area contributed by atoms with Gasteiger partial charge in [0.25, 0.3) is 0 Å². The minimum Gasteiger partial charge on any atom is -0.382 e. The van der Waals surface area contributed by atoms with Gasteiger partial charge in [-0.15, -0.1) is 0 Å². The maximum Gasteiger partial charge on any atom is 0.149 e. The van der Waals surface area contributed by atoms with E-state index >= 15 is 0 Å². The minimum atomic E-state index is -2.98. The first-order valence-corrected chi connectivity index (χ1v) is 6.59. The van der Waals surface area contributed by atoms with Gasteiger partial charge in [-0.25, -0.2) is 13.4 Å². The summed E-state index contributed by atoms with van der Waals surface area (Å²) in [6.45, 7) is 1.79. The third-order valence-electron chi connectivity index (χ3n) is 1.79. The molecule has 5 nitrogen and oxygen atoms in total. The molecule has 1 rings (SSSR count). The molecular weight excluding hydrogens is 214 g/mol. The second-order valence-corrected chi connectivity index (χ2v) is 5.76. The molecule has 0 aromatic carbocycles. The van der Waals surface area contributed by atoms with E-state index in [4.69, 9.17) is 5.73 Å². The highest BCUT2D eigenvalue weighted by molar-refractivity contribution is 7.90. The van der Waals surface area contributed by atoms with Crippen LogP contribution in [0.3, 0.4) is 0 Å². The number of nitrogens with one attached hydrogen (secondary N) is 1. The minimum absolute atomic E-state index is 0.0708. The molecule has 1 aromatic rings. The Balaban J connectivity index is 2.67. The number of nitrogens with zero attached hydrogens (tertiary/aromatic N) is 1. The standard InChI is InChI=1S/C9H15N3O2S/c1-7(6-15(2,13)14)12-8-4-3-5-11-9(8)10/h3-5,7,12H,6H2,1-2H3,(H2,10,11). The van der Waals surface area contributed by atoms with Crippen LogP contribution in [0.15, 0.2) is 18.3 Å². The van der Waals surface area contributed by atoms with Gasteiger partial charge in [0.05, 0.1) is 11.4 Å². The van der Waals surface area contributed by atoms with Gasteiger partial charge < -0.3 is 11.1 Å². The van der Waals surface area contributed by atoms with E-state index in [2.05, 4.69) is 10.3 Å². The average Bonchev–Trinajstić information content (AvgIpc) is 2.05. The monoisotopic (exact) mass is 229 g/mol. The lowest BCUT2D eigenvalue weighted by Crippen LogP contribution is -2.25. The van der Waals surface area contributed by atoms with Gasteiger partial charge in [-0.05, 0) is 19.1 Å². The van der Waals surface area contributed by atoms with Crippen molar-refractivity contribution >= 4 is 21.3 Å². The molecule has 0 saturated heterocycles. The molecule has 3 N–H and O–H groups in total. The van der Waals surface area contributed by atoms with Crippen LogP contribution >= 0.6 is 0 Å². The summed E-state index contributed by atoms with van der Waals surface area (Å²) in [6.07, 6.45) is 2.79. The van der Waals surface area contributed by atoms with Crippen LogP contribution in [0, 0.1) is 0 Å². The van der Waals surface area contributed by atoms with Gasteiger partial charge in [-0.3, -0.25) is 0 Å². The molecule has 0 fully saturated rings. The number of nitrogens with two attached hydrogens (primary N) is 1. The summed E-state index contributed by atoms with van der Waals surface area (Å²) < 4.78 is 22.1. The molecule has 1 atom stereocenters. The summed E-state index contributed by atoms with van der Waals surface area (Å²) in [5.41, 5.74) is 6.27. The number of rotatable bonds is 4. The molecule has 84 valence electrons. The fraction of sp³-hybridized carbons (Fsp3) is 0.444. The Morgan fingerprint density at radius 3 is 2.80 bits per heavy atom. The second kappa shape index (κ2) is 4.48. The van der Waals surface area contributed by atoms with Crippen LogP contribution in [0.5, 0.6) is 0 Å². The van der Waals surface area contributed by atoms with Gasteiger partial charge in [0, 0.05) is 18.5 Å². The van der Waals surface area contributed by atoms with Crippen LogP contribution in [0.25, 0.3) is 0 Å². The van der Waals surface area contributed by atoms with Crippen molar-refractivity contribution in [2.24, 2.45) is 0 Å². The first-order chi connectivity index (χ1) is 6.88. The maximum atomic E-state index is 11.0. The van der Waals surface area contributed by atoms with Crippen molar-refractivity contribution in [2.45, 2.75) is 13.0 Å². The highest BCUT2D eigenvalue weighted by Gasteiger charge is 2.11. The van der Waals surface area contributed by atoms with Gasteiger partial charge in [0.15, 0.2) is 0 Å². The third-order valence-corrected chi connectivity index (χ3v) is 2.90. The largest absolute Gasteiger partial charge is 0.382 e. The first kappa shape index (κ1) is 11.8. The van der Waals surface area contributed by atoms with Crippen molar-refractivity contribution in [3.05, 3.63) is 18.3 Å². The Kier molecular flexibility index (Phi) is 3.52. The van der Waals surface area contributed by atoms with Crippen molar-refractivity contribution in [1.82, 2.24) is 4.98 Å². The Hall–Kier alpha value is -1.30. The smallest absolute Gasteiger partial charge is 0.149 e. The predicted octanol–water partition coefficient (Wildman–Crippen LogP) is 0.509. The molecule has 0 amide bonds. The summed E-state index contributed by atoms with van der Waals surface area (Å²) >= 11 is 0. The normalized spacial score (nSPS) is 13.5. The van der Waals surface area contributed by atoms with Crippen molar-refractivity contribution in [2.75, 3.05) is 23.1 Å². The van der Waals surface area contributed by atoms with Gasteiger partial charge in [-0.1, -0.05) is 0 Å². The van der Waals surface area contributed by atoms with Gasteiger partial charge in [0.2, 0.25) is 0 Å². The quantitative estimate of drug-likeness (QED) is 0.785. The number of sulfone groups is 1. The fourth-order valence-electron chi connectivity index (χ4n) is 1.30. The zero-order valence-corrected chi connectivity index (χ0v) is 9.58. The molecule has 0 bridgehead atoms. The number of nitrogen functional groups attached to an aromatic ring is 1. The molecule has 1 heterocycles. The van der Waals surface area contributed by atoms with E-state index in [1.807, 2.05) is 0 Å². The fourth-order valence-corrected chi connectivity index (χ4v) is 2.29. The van der Waals surface area contributed by atoms with E-state index in [0.717, 1.165) is 0 Å². The van der Waals surface area contributed by atoms with Gasteiger partial charge in [-0.2, -0.15) is 0 Å². The van der Waals surface area contributed by atoms with Crippen molar-refractivity contribution < 1.29 is 8.42 Å². The number of anilines is 2. The number of hydrogen-bond acceptors (Lipinski definition) is 5. The van der Waals surface area contributed by atoms with Crippen LogP contribution in [0.1, 0.15) is 6.92 Å². The Labute approximate surface area is 89.6 Å². The van der Waals surface area contributed by atoms with E-state index in [9.17, 15) is 8.42 Å². The lowest BCUT2D eigenvalue weighted by Gasteiger charge is -2.14. The average molecular weight is 229 g/mol. The van der Waals surface area contributed by atoms with Crippen LogP contribution < -0.4 is 11.1 Å². The van der Waals surface area contributed by atoms with Crippen LogP contribution in [-0.2, 0) is 9.84 Å². The Morgan fingerprint density at radius 1 is 1.60 bits per heavy atom. The van der Waals surface area contributed by atoms with Crippen LogP contribution in [-0.4, -0.2) is 31.5 Å². The van der Waals surface area contributed by atoms with E-state index in [0.29, 0.717) is 11.5 Å². The summed E-state index contributed by atoms with van der Waals surface area (Å²) in [4.78, 5) is 3.89. The van der Waals surface area contributed by atoms with Gasteiger partial charge >= 0.3 is 0 Å². The molecule has 15 heavy (non-hydrogen) atoms. The summed E-state index contributed by atoms with van der Waals surface area (Å²) in [6, 6.07) is 3.32. The van der Waals surface area contributed by atoms with E-state index in [-0.39, 0.29) is 11.8 Å². The topological polar surface area (TPSA) is 85.1 Å². The molecule has 1 unspecified atom stereocenters. The third kappa shape index (κ3) is 4.16. The molecule has 0 aliphatic heterocycles. The number of pyridine rings is 1. The number of aromatic nitrogens is 1. The lowest BCUT2D eigenvalue weighted by atomic mass is 10.3. The summed E-state index contributed by atoms with van der Waals surface area (Å²) in [5, 5.41) is 3.00. The molecule has 0 aliphatic carbocycles. The molecule has 0 aliphatic rings. The van der Waals surface area contributed by atoms with E-state index < -0.39 is 9.84 Å². The van der Waals surface area contributed by atoms with Crippen molar-refractivity contribution in [1.29, 1.82) is 0 Å².